The Bertz CT molecular complexity index is 421. The van der Waals surface area contributed by atoms with Gasteiger partial charge >= 0.3 is 0 Å². The van der Waals surface area contributed by atoms with Gasteiger partial charge in [-0.1, -0.05) is 31.2 Å². The molecule has 0 aliphatic carbocycles. The van der Waals surface area contributed by atoms with Crippen LogP contribution in [0.2, 0.25) is 0 Å². The minimum absolute atomic E-state index is 0.201. The lowest BCUT2D eigenvalue weighted by molar-refractivity contribution is 0.0416. The molecular formula is C17H25NO2. The highest BCUT2D eigenvalue weighted by Crippen LogP contribution is 2.14. The van der Waals surface area contributed by atoms with E-state index >= 15 is 0 Å². The fraction of sp³-hybridized carbons (Fsp3) is 0.588. The standard InChI is InChI=1S/C17H25NO2/c1-3-14-6-8-16(9-7-14)17(19)12-18(2)11-15-5-4-10-20-13-15/h6-9,15H,3-5,10-13H2,1-2H3. The van der Waals surface area contributed by atoms with Crippen molar-refractivity contribution in [3.05, 3.63) is 35.4 Å². The minimum atomic E-state index is 0.201. The third kappa shape index (κ3) is 4.43. The molecule has 0 amide bonds. The number of benzene rings is 1. The van der Waals surface area contributed by atoms with Crippen molar-refractivity contribution in [1.29, 1.82) is 0 Å². The van der Waals surface area contributed by atoms with Crippen molar-refractivity contribution in [2.24, 2.45) is 5.92 Å². The maximum absolute atomic E-state index is 12.2. The van der Waals surface area contributed by atoms with Gasteiger partial charge in [-0.2, -0.15) is 0 Å². The van der Waals surface area contributed by atoms with Crippen LogP contribution in [0.25, 0.3) is 0 Å². The van der Waals surface area contributed by atoms with Gasteiger partial charge in [0.25, 0.3) is 0 Å². The van der Waals surface area contributed by atoms with Gasteiger partial charge < -0.3 is 4.74 Å². The van der Waals surface area contributed by atoms with Crippen molar-refractivity contribution in [2.45, 2.75) is 26.2 Å². The highest BCUT2D eigenvalue weighted by molar-refractivity contribution is 5.97. The summed E-state index contributed by atoms with van der Waals surface area (Å²) in [5.74, 6) is 0.774. The number of ketones is 1. The smallest absolute Gasteiger partial charge is 0.176 e. The molecule has 1 aromatic carbocycles. The van der Waals surface area contributed by atoms with Crippen LogP contribution in [0.5, 0.6) is 0 Å². The molecule has 110 valence electrons. The maximum Gasteiger partial charge on any atom is 0.176 e. The monoisotopic (exact) mass is 275 g/mol. The average molecular weight is 275 g/mol. The van der Waals surface area contributed by atoms with Crippen LogP contribution in [0, 0.1) is 5.92 Å². The second kappa shape index (κ2) is 7.55. The lowest BCUT2D eigenvalue weighted by Gasteiger charge is -2.26. The first-order valence-electron chi connectivity index (χ1n) is 7.57. The fourth-order valence-corrected chi connectivity index (χ4v) is 2.72. The van der Waals surface area contributed by atoms with E-state index in [9.17, 15) is 4.79 Å². The summed E-state index contributed by atoms with van der Waals surface area (Å²) in [6, 6.07) is 7.97. The molecule has 1 aromatic rings. The summed E-state index contributed by atoms with van der Waals surface area (Å²) < 4.78 is 5.49. The summed E-state index contributed by atoms with van der Waals surface area (Å²) in [6.07, 6.45) is 3.37. The molecule has 1 unspecified atom stereocenters. The van der Waals surface area contributed by atoms with E-state index in [1.54, 1.807) is 0 Å². The van der Waals surface area contributed by atoms with Gasteiger partial charge in [-0.05, 0) is 37.8 Å². The van der Waals surface area contributed by atoms with E-state index in [1.165, 1.54) is 12.0 Å². The number of aryl methyl sites for hydroxylation is 1. The maximum atomic E-state index is 12.2. The Hall–Kier alpha value is -1.19. The number of hydrogen-bond acceptors (Lipinski definition) is 3. The molecule has 3 nitrogen and oxygen atoms in total. The van der Waals surface area contributed by atoms with Crippen LogP contribution >= 0.6 is 0 Å². The molecule has 0 aromatic heterocycles. The molecule has 0 spiro atoms. The van der Waals surface area contributed by atoms with Crippen molar-refractivity contribution < 1.29 is 9.53 Å². The van der Waals surface area contributed by atoms with Crippen molar-refractivity contribution in [3.8, 4) is 0 Å². The average Bonchev–Trinajstić information content (AvgIpc) is 2.48. The largest absolute Gasteiger partial charge is 0.381 e. The van der Waals surface area contributed by atoms with Crippen LogP contribution in [0.4, 0.5) is 0 Å². The first-order chi connectivity index (χ1) is 9.69. The summed E-state index contributed by atoms with van der Waals surface area (Å²) >= 11 is 0. The molecule has 0 bridgehead atoms. The van der Waals surface area contributed by atoms with Crippen LogP contribution in [0.3, 0.4) is 0 Å². The summed E-state index contributed by atoms with van der Waals surface area (Å²) in [5.41, 5.74) is 2.09. The predicted octanol–water partition coefficient (Wildman–Crippen LogP) is 2.79. The molecule has 1 aliphatic rings. The van der Waals surface area contributed by atoms with Crippen molar-refractivity contribution in [2.75, 3.05) is 33.4 Å². The van der Waals surface area contributed by atoms with Gasteiger partial charge in [0.1, 0.15) is 0 Å². The zero-order valence-corrected chi connectivity index (χ0v) is 12.6. The summed E-state index contributed by atoms with van der Waals surface area (Å²) in [4.78, 5) is 14.3. The van der Waals surface area contributed by atoms with Gasteiger partial charge in [-0.3, -0.25) is 9.69 Å². The molecule has 1 heterocycles. The van der Waals surface area contributed by atoms with E-state index in [-0.39, 0.29) is 5.78 Å². The van der Waals surface area contributed by atoms with Crippen LogP contribution in [0.15, 0.2) is 24.3 Å². The van der Waals surface area contributed by atoms with Gasteiger partial charge in [0.15, 0.2) is 5.78 Å². The van der Waals surface area contributed by atoms with E-state index in [0.717, 1.165) is 38.2 Å². The van der Waals surface area contributed by atoms with Crippen molar-refractivity contribution >= 4 is 5.78 Å². The number of carbonyl (C=O) groups excluding carboxylic acids is 1. The number of rotatable bonds is 6. The molecule has 3 heteroatoms. The Balaban J connectivity index is 1.82. The van der Waals surface area contributed by atoms with E-state index in [0.29, 0.717) is 12.5 Å². The first kappa shape index (κ1) is 15.2. The third-order valence-electron chi connectivity index (χ3n) is 3.92. The van der Waals surface area contributed by atoms with E-state index in [2.05, 4.69) is 11.8 Å². The molecule has 0 saturated carbocycles. The van der Waals surface area contributed by atoms with Crippen LogP contribution in [-0.2, 0) is 11.2 Å². The lowest BCUT2D eigenvalue weighted by Crippen LogP contribution is -2.34. The molecule has 1 aliphatic heterocycles. The molecule has 0 N–H and O–H groups in total. The topological polar surface area (TPSA) is 29.5 Å². The summed E-state index contributed by atoms with van der Waals surface area (Å²) in [5, 5.41) is 0. The fourth-order valence-electron chi connectivity index (χ4n) is 2.72. The molecule has 2 rings (SSSR count). The van der Waals surface area contributed by atoms with Gasteiger partial charge in [0.05, 0.1) is 13.2 Å². The van der Waals surface area contributed by atoms with E-state index in [4.69, 9.17) is 4.74 Å². The Morgan fingerprint density at radius 2 is 2.10 bits per heavy atom. The number of likely N-dealkylation sites (N-methyl/N-ethyl adjacent to an activating group) is 1. The van der Waals surface area contributed by atoms with Crippen LogP contribution < -0.4 is 0 Å². The van der Waals surface area contributed by atoms with E-state index in [1.807, 2.05) is 31.3 Å². The number of hydrogen-bond donors (Lipinski definition) is 0. The number of nitrogens with zero attached hydrogens (tertiary/aromatic N) is 1. The predicted molar refractivity (Wildman–Crippen MR) is 81.2 cm³/mol. The second-order valence-electron chi connectivity index (χ2n) is 5.75. The number of carbonyl (C=O) groups is 1. The highest BCUT2D eigenvalue weighted by atomic mass is 16.5. The molecule has 20 heavy (non-hydrogen) atoms. The normalized spacial score (nSPS) is 19.2. The molecule has 1 fully saturated rings. The van der Waals surface area contributed by atoms with Gasteiger partial charge in [-0.25, -0.2) is 0 Å². The molecule has 0 radical (unpaired) electrons. The Kier molecular flexibility index (Phi) is 5.74. The SMILES string of the molecule is CCc1ccc(C(=O)CN(C)CC2CCCOC2)cc1. The Labute approximate surface area is 121 Å². The van der Waals surface area contributed by atoms with Crippen LogP contribution in [-0.4, -0.2) is 44.0 Å². The molecule has 1 saturated heterocycles. The molecular weight excluding hydrogens is 250 g/mol. The Morgan fingerprint density at radius 3 is 2.70 bits per heavy atom. The van der Waals surface area contributed by atoms with Crippen LogP contribution in [0.1, 0.15) is 35.7 Å². The van der Waals surface area contributed by atoms with Gasteiger partial charge in [0, 0.05) is 18.7 Å². The Morgan fingerprint density at radius 1 is 1.35 bits per heavy atom. The lowest BCUT2D eigenvalue weighted by atomic mass is 10.0. The number of ether oxygens (including phenoxy) is 1. The second-order valence-corrected chi connectivity index (χ2v) is 5.75. The zero-order valence-electron chi connectivity index (χ0n) is 12.6. The first-order valence-corrected chi connectivity index (χ1v) is 7.57. The van der Waals surface area contributed by atoms with E-state index < -0.39 is 0 Å². The molecule has 1 atom stereocenters. The van der Waals surface area contributed by atoms with Gasteiger partial charge in [0.2, 0.25) is 0 Å². The summed E-state index contributed by atoms with van der Waals surface area (Å²) in [6.45, 7) is 5.28. The third-order valence-corrected chi connectivity index (χ3v) is 3.92. The minimum Gasteiger partial charge on any atom is -0.381 e. The van der Waals surface area contributed by atoms with Crippen molar-refractivity contribution in [1.82, 2.24) is 4.90 Å². The number of Topliss-reactive ketones (excluding diaryl/α,β-unsaturated/α-hetero) is 1. The quantitative estimate of drug-likeness (QED) is 0.748. The van der Waals surface area contributed by atoms with Crippen molar-refractivity contribution in [3.63, 3.8) is 0 Å². The van der Waals surface area contributed by atoms with Gasteiger partial charge in [-0.15, -0.1) is 0 Å². The zero-order chi connectivity index (χ0) is 14.4. The summed E-state index contributed by atoms with van der Waals surface area (Å²) in [7, 11) is 2.02. The highest BCUT2D eigenvalue weighted by Gasteiger charge is 2.17.